The third kappa shape index (κ3) is 41.6. The van der Waals surface area contributed by atoms with Crippen LogP contribution in [0.3, 0.4) is 0 Å². The summed E-state index contributed by atoms with van der Waals surface area (Å²) in [6.07, 6.45) is -2.96. The van der Waals surface area contributed by atoms with Crippen molar-refractivity contribution in [3.8, 4) is 0 Å². The molecule has 0 rings (SSSR count). The van der Waals surface area contributed by atoms with Crippen LogP contribution in [-0.4, -0.2) is 123 Å². The lowest BCUT2D eigenvalue weighted by molar-refractivity contribution is -0.180. The molecule has 0 spiro atoms. The molecule has 0 radical (unpaired) electrons. The van der Waals surface area contributed by atoms with E-state index in [4.69, 9.17) is 21.7 Å². The number of rotatable bonds is 24. The summed E-state index contributed by atoms with van der Waals surface area (Å²) in [5.74, 6) is -18.6. The highest BCUT2D eigenvalue weighted by molar-refractivity contribution is 5.84. The quantitative estimate of drug-likeness (QED) is 0.0431. The SMILES string of the molecule is C.CC(C)C(C)(C)C.CC(C)[C@@](C)(C(N)=O)C(C)(F)F.CC(C)[C@H](C)C(F)(F)F.CC(C)[C@](C)(C(N)=O)C(C)(F)F.CC(C)[C@](C)(CO)C(C)(F)F.CCC(C)(CO)C(C)C.CNC(=O)C(C(C)C)C(C)C.CNC(=O)C(C)(C)C(C)C.CNC(=O)[C@@](C)(C(C)C)C(C)(F)F.CNC(=O)[C@](C)(C(C)C)C(C)(F)F. The minimum atomic E-state index is -4.02. The molecule has 6 amide bonds. The van der Waals surface area contributed by atoms with Crippen LogP contribution >= 0.6 is 0 Å². The summed E-state index contributed by atoms with van der Waals surface area (Å²) in [6, 6.07) is 0. The highest BCUT2D eigenvalue weighted by Gasteiger charge is 2.56. The molecular formula is C81H165F13N6O8. The molecule has 0 aliphatic carbocycles. The van der Waals surface area contributed by atoms with E-state index in [-0.39, 0.29) is 47.8 Å². The number of nitrogens with one attached hydrogen (secondary N) is 4. The Morgan fingerprint density at radius 1 is 0.333 bits per heavy atom. The first kappa shape index (κ1) is 127. The first-order chi connectivity index (χ1) is 46.7. The van der Waals surface area contributed by atoms with Gasteiger partial charge in [-0.2, -0.15) is 13.2 Å². The summed E-state index contributed by atoms with van der Waals surface area (Å²) >= 11 is 0. The average molecular weight is 1600 g/mol. The maximum Gasteiger partial charge on any atom is 0.391 e. The van der Waals surface area contributed by atoms with Crippen LogP contribution in [0.1, 0.15) is 291 Å². The number of nitrogens with two attached hydrogens (primary N) is 2. The molecule has 0 aromatic rings. The van der Waals surface area contributed by atoms with Crippen molar-refractivity contribution in [2.24, 2.45) is 132 Å². The first-order valence-corrected chi connectivity index (χ1v) is 37.3. The maximum atomic E-state index is 13.2. The van der Waals surface area contributed by atoms with Gasteiger partial charge in [0.2, 0.25) is 35.4 Å². The number of carbonyl (C=O) groups excluding carboxylic acids is 6. The van der Waals surface area contributed by atoms with Gasteiger partial charge in [0.25, 0.3) is 29.6 Å². The van der Waals surface area contributed by atoms with Gasteiger partial charge < -0.3 is 42.9 Å². The predicted molar refractivity (Wildman–Crippen MR) is 423 cm³/mol. The monoisotopic (exact) mass is 1600 g/mol. The van der Waals surface area contributed by atoms with E-state index >= 15 is 0 Å². The Hall–Kier alpha value is -4.17. The van der Waals surface area contributed by atoms with E-state index < -0.39 is 123 Å². The third-order valence-corrected chi connectivity index (χ3v) is 23.3. The second-order valence-electron chi connectivity index (χ2n) is 35.0. The molecular weight excluding hydrogens is 1430 g/mol. The molecule has 0 aliphatic rings. The molecule has 1 unspecified atom stereocenters. The van der Waals surface area contributed by atoms with Crippen LogP contribution in [0.4, 0.5) is 57.1 Å². The predicted octanol–water partition coefficient (Wildman–Crippen LogP) is 21.3. The van der Waals surface area contributed by atoms with Gasteiger partial charge >= 0.3 is 6.18 Å². The Bertz CT molecular complexity index is 2360. The summed E-state index contributed by atoms with van der Waals surface area (Å²) in [5, 5.41) is 27.7. The maximum absolute atomic E-state index is 13.2. The van der Waals surface area contributed by atoms with Gasteiger partial charge in [-0.3, -0.25) is 28.8 Å². The van der Waals surface area contributed by atoms with Gasteiger partial charge in [-0.1, -0.05) is 222 Å². The highest BCUT2D eigenvalue weighted by Crippen LogP contribution is 2.46. The van der Waals surface area contributed by atoms with E-state index in [0.717, 1.165) is 47.0 Å². The molecule has 0 aromatic carbocycles. The topological polar surface area (TPSA) is 243 Å². The molecule has 0 aliphatic heterocycles. The Morgan fingerprint density at radius 2 is 0.574 bits per heavy atom. The minimum absolute atomic E-state index is 0. The van der Waals surface area contributed by atoms with Gasteiger partial charge in [0.15, 0.2) is 0 Å². The van der Waals surface area contributed by atoms with Crippen molar-refractivity contribution < 1.29 is 96.1 Å². The van der Waals surface area contributed by atoms with Crippen LogP contribution in [0, 0.1) is 120 Å². The van der Waals surface area contributed by atoms with Crippen molar-refractivity contribution in [2.45, 2.75) is 327 Å². The number of alkyl halides is 13. The van der Waals surface area contributed by atoms with Gasteiger partial charge in [-0.05, 0) is 117 Å². The average Bonchev–Trinajstić information content (AvgIpc) is 0.801. The molecule has 658 valence electrons. The lowest BCUT2D eigenvalue weighted by atomic mass is 9.73. The Kier molecular flexibility index (Phi) is 60.8. The molecule has 27 heteroatoms. The van der Waals surface area contributed by atoms with Crippen molar-refractivity contribution in [2.75, 3.05) is 41.4 Å². The van der Waals surface area contributed by atoms with E-state index in [0.29, 0.717) is 35.7 Å². The Balaban J connectivity index is -0.000000108. The van der Waals surface area contributed by atoms with E-state index in [1.165, 1.54) is 55.6 Å². The fourth-order valence-corrected chi connectivity index (χ4v) is 8.51. The van der Waals surface area contributed by atoms with Crippen molar-refractivity contribution in [3.63, 3.8) is 0 Å². The Morgan fingerprint density at radius 3 is 0.602 bits per heavy atom. The number of primary amides is 2. The van der Waals surface area contributed by atoms with Gasteiger partial charge in [-0.25, -0.2) is 43.9 Å². The van der Waals surface area contributed by atoms with Gasteiger partial charge in [0.05, 0.1) is 17.9 Å². The molecule has 0 saturated carbocycles. The van der Waals surface area contributed by atoms with Crippen molar-refractivity contribution in [1.82, 2.24) is 21.3 Å². The summed E-state index contributed by atoms with van der Waals surface area (Å²) in [4.78, 5) is 66.8. The fourth-order valence-electron chi connectivity index (χ4n) is 8.51. The lowest BCUT2D eigenvalue weighted by Crippen LogP contribution is -2.51. The lowest BCUT2D eigenvalue weighted by Gasteiger charge is -2.37. The number of hydrogen-bond acceptors (Lipinski definition) is 8. The van der Waals surface area contributed by atoms with Crippen LogP contribution in [0.25, 0.3) is 0 Å². The molecule has 7 atom stereocenters. The van der Waals surface area contributed by atoms with Gasteiger partial charge in [-0.15, -0.1) is 0 Å². The zero-order valence-corrected chi connectivity index (χ0v) is 75.0. The normalized spacial score (nSPS) is 15.8. The summed E-state index contributed by atoms with van der Waals surface area (Å²) in [6.45, 7) is 66.6. The largest absolute Gasteiger partial charge is 0.396 e. The molecule has 10 N–H and O–H groups in total. The second kappa shape index (κ2) is 51.5. The highest BCUT2D eigenvalue weighted by atomic mass is 19.4. The van der Waals surface area contributed by atoms with E-state index in [1.54, 1.807) is 97.2 Å². The van der Waals surface area contributed by atoms with Crippen molar-refractivity contribution in [1.29, 1.82) is 0 Å². The molecule has 14 nitrogen and oxygen atoms in total. The van der Waals surface area contributed by atoms with Crippen molar-refractivity contribution in [3.05, 3.63) is 0 Å². The summed E-state index contributed by atoms with van der Waals surface area (Å²) in [7, 11) is 6.11. The summed E-state index contributed by atoms with van der Waals surface area (Å²) < 4.78 is 166. The van der Waals surface area contributed by atoms with Crippen LogP contribution in [0.2, 0.25) is 0 Å². The first-order valence-electron chi connectivity index (χ1n) is 37.3. The van der Waals surface area contributed by atoms with Crippen LogP contribution in [0.5, 0.6) is 0 Å². The molecule has 0 saturated heterocycles. The van der Waals surface area contributed by atoms with E-state index in [9.17, 15) is 85.8 Å². The number of hydrogen-bond donors (Lipinski definition) is 8. The number of amides is 6. The van der Waals surface area contributed by atoms with Gasteiger partial charge in [0.1, 0.15) is 21.7 Å². The van der Waals surface area contributed by atoms with Crippen LogP contribution < -0.4 is 32.7 Å². The molecule has 0 fully saturated rings. The number of carbonyl (C=O) groups is 6. The smallest absolute Gasteiger partial charge is 0.391 e. The van der Waals surface area contributed by atoms with Gasteiger partial charge in [0, 0.05) is 73.8 Å². The minimum Gasteiger partial charge on any atom is -0.396 e. The zero-order valence-electron chi connectivity index (χ0n) is 75.0. The van der Waals surface area contributed by atoms with Crippen LogP contribution in [0.15, 0.2) is 0 Å². The molecule has 108 heavy (non-hydrogen) atoms. The molecule has 0 bridgehead atoms. The second-order valence-corrected chi connectivity index (χ2v) is 35.0. The number of halogens is 13. The third-order valence-electron chi connectivity index (χ3n) is 23.3. The number of aliphatic hydroxyl groups is 2. The fraction of sp³-hybridized carbons (Fsp3) is 0.926. The van der Waals surface area contributed by atoms with Crippen LogP contribution in [-0.2, 0) is 28.8 Å². The Labute approximate surface area is 650 Å². The number of aliphatic hydroxyl groups excluding tert-OH is 2. The standard InChI is InChI=1S/2C9H17F2NO.C9H19NO.2C8H15F2NO.C8H16F2O.C8H17NO.C8H18O.C7H16.C6H11F3.CH4/c2*1-6(2)8(3,7(13)12-5)9(4,10)11;1-6(2)8(7(3)4)9(11)10-5;2*1-5(2)7(3,6(11)12)8(4,9)10;1-6(2)7(3,5-11)8(4,9)10;1-6(2)8(3,4)7(10)9-5;1-5-8(4,6-9)7(2)3;1-6(2)7(3,4)5;1-4(2)5(3)6(7,8)9;/h2*6H,1-5H3,(H,12,13);6-8H,1-5H3,(H,10,11);2*5H,1-4H3,(H2,11,12);6,11H,5H2,1-4H3;6H,1-5H3,(H,9,10);7,9H,5-6H2,1-4H3;6H,1-5H3;4-5H,1-3H3;1H4/t2*8-;;3*7-;;;;5-;/m10.100...0./s1. The van der Waals surface area contributed by atoms with Crippen molar-refractivity contribution >= 4 is 35.4 Å². The van der Waals surface area contributed by atoms with E-state index in [1.807, 2.05) is 13.8 Å². The van der Waals surface area contributed by atoms with E-state index in [2.05, 4.69) is 125 Å². The molecule has 0 heterocycles. The zero-order chi connectivity index (χ0) is 89.9. The summed E-state index contributed by atoms with van der Waals surface area (Å²) in [5.41, 5.74) is 2.19. The molecule has 0 aromatic heterocycles.